The van der Waals surface area contributed by atoms with E-state index in [0.717, 1.165) is 19.5 Å². The first-order valence-corrected chi connectivity index (χ1v) is 3.33. The maximum absolute atomic E-state index is 10.4. The number of aliphatic hydroxyl groups excluding tert-OH is 1. The average molecular weight is 145 g/mol. The van der Waals surface area contributed by atoms with E-state index in [1.807, 2.05) is 0 Å². The molecule has 1 saturated heterocycles. The highest BCUT2D eigenvalue weighted by Gasteiger charge is 2.28. The van der Waals surface area contributed by atoms with Gasteiger partial charge in [-0.15, -0.1) is 0 Å². The Morgan fingerprint density at radius 3 is 2.30 bits per heavy atom. The first-order valence-electron chi connectivity index (χ1n) is 3.33. The van der Waals surface area contributed by atoms with Gasteiger partial charge in [0.1, 0.15) is 6.04 Å². The molecule has 0 radical (unpaired) electrons. The fraction of sp³-hybridized carbons (Fsp3) is 0.833. The molecule has 1 atom stereocenters. The zero-order valence-corrected chi connectivity index (χ0v) is 5.66. The predicted molar refractivity (Wildman–Crippen MR) is 34.7 cm³/mol. The summed E-state index contributed by atoms with van der Waals surface area (Å²) in [6.07, 6.45) is 1.05. The molecular weight excluding hydrogens is 134 g/mol. The van der Waals surface area contributed by atoms with Crippen molar-refractivity contribution in [3.63, 3.8) is 0 Å². The van der Waals surface area contributed by atoms with Gasteiger partial charge in [0.05, 0.1) is 6.61 Å². The highest BCUT2D eigenvalue weighted by Crippen LogP contribution is 2.10. The molecule has 0 aromatic heterocycles. The van der Waals surface area contributed by atoms with Gasteiger partial charge in [-0.1, -0.05) is 0 Å². The molecule has 1 unspecified atom stereocenters. The number of aliphatic hydroxyl groups is 1. The lowest BCUT2D eigenvalue weighted by molar-refractivity contribution is -0.146. The molecule has 1 rings (SSSR count). The summed E-state index contributed by atoms with van der Waals surface area (Å²) in [4.78, 5) is 12.1. The summed E-state index contributed by atoms with van der Waals surface area (Å²) in [5.74, 6) is -0.929. The molecule has 10 heavy (non-hydrogen) atoms. The van der Waals surface area contributed by atoms with Crippen molar-refractivity contribution >= 4 is 5.97 Å². The van der Waals surface area contributed by atoms with E-state index in [9.17, 15) is 4.79 Å². The quantitative estimate of drug-likeness (QED) is 0.542. The van der Waals surface area contributed by atoms with Crippen LogP contribution >= 0.6 is 0 Å². The van der Waals surface area contributed by atoms with E-state index in [1.165, 1.54) is 0 Å². The third kappa shape index (κ3) is 1.27. The van der Waals surface area contributed by atoms with Crippen molar-refractivity contribution < 1.29 is 15.0 Å². The molecule has 0 bridgehead atoms. The molecule has 0 spiro atoms. The van der Waals surface area contributed by atoms with E-state index in [2.05, 4.69) is 0 Å². The summed E-state index contributed by atoms with van der Waals surface area (Å²) in [6.45, 7) is 1.32. The van der Waals surface area contributed by atoms with Crippen LogP contribution in [0.3, 0.4) is 0 Å². The van der Waals surface area contributed by atoms with Crippen LogP contribution in [0.1, 0.15) is 6.42 Å². The number of likely N-dealkylation sites (tertiary alicyclic amines) is 1. The van der Waals surface area contributed by atoms with Crippen LogP contribution in [0.4, 0.5) is 0 Å². The van der Waals surface area contributed by atoms with Crippen LogP contribution in [0.15, 0.2) is 0 Å². The molecule has 1 heterocycles. The molecule has 0 aliphatic carbocycles. The Balaban J connectivity index is 2.39. The number of rotatable bonds is 3. The monoisotopic (exact) mass is 145 g/mol. The number of nitrogens with zero attached hydrogens (tertiary/aromatic N) is 1. The Morgan fingerprint density at radius 1 is 1.60 bits per heavy atom. The molecule has 4 nitrogen and oxygen atoms in total. The minimum absolute atomic E-state index is 0.282. The predicted octanol–water partition coefficient (Wildman–Crippen LogP) is -0.862. The molecular formula is C6H11NO3. The van der Waals surface area contributed by atoms with Crippen molar-refractivity contribution in [3.05, 3.63) is 0 Å². The van der Waals surface area contributed by atoms with Gasteiger partial charge in [0, 0.05) is 13.1 Å². The van der Waals surface area contributed by atoms with Crippen molar-refractivity contribution in [2.75, 3.05) is 19.7 Å². The second-order valence-corrected chi connectivity index (χ2v) is 2.43. The second-order valence-electron chi connectivity index (χ2n) is 2.43. The van der Waals surface area contributed by atoms with Gasteiger partial charge in [-0.2, -0.15) is 0 Å². The fourth-order valence-corrected chi connectivity index (χ4v) is 1.00. The minimum atomic E-state index is -0.929. The van der Waals surface area contributed by atoms with E-state index in [4.69, 9.17) is 10.2 Å². The van der Waals surface area contributed by atoms with E-state index in [1.54, 1.807) is 4.90 Å². The first-order chi connectivity index (χ1) is 4.75. The van der Waals surface area contributed by atoms with Gasteiger partial charge in [0.15, 0.2) is 0 Å². The maximum atomic E-state index is 10.4. The van der Waals surface area contributed by atoms with Crippen molar-refractivity contribution in [3.8, 4) is 0 Å². The van der Waals surface area contributed by atoms with Gasteiger partial charge in [-0.05, 0) is 6.42 Å². The average Bonchev–Trinajstić information content (AvgIpc) is 1.76. The number of hydrogen-bond donors (Lipinski definition) is 2. The molecule has 0 saturated carbocycles. The van der Waals surface area contributed by atoms with Gasteiger partial charge in [0.25, 0.3) is 0 Å². The largest absolute Gasteiger partial charge is 0.480 e. The van der Waals surface area contributed by atoms with Crippen molar-refractivity contribution in [1.82, 2.24) is 4.90 Å². The van der Waals surface area contributed by atoms with Crippen LogP contribution in [-0.4, -0.2) is 46.8 Å². The Hall–Kier alpha value is -0.610. The number of carboxylic acids is 1. The Labute approximate surface area is 59.1 Å². The van der Waals surface area contributed by atoms with E-state index in [0.29, 0.717) is 0 Å². The molecule has 0 aromatic carbocycles. The maximum Gasteiger partial charge on any atom is 0.323 e. The standard InChI is InChI=1S/C6H11NO3/c8-4-5(6(9)10)7-2-1-3-7/h5,8H,1-4H2,(H,9,10). The minimum Gasteiger partial charge on any atom is -0.480 e. The summed E-state index contributed by atoms with van der Waals surface area (Å²) < 4.78 is 0. The lowest BCUT2D eigenvalue weighted by Crippen LogP contribution is -2.50. The van der Waals surface area contributed by atoms with Gasteiger partial charge in [0.2, 0.25) is 0 Å². The van der Waals surface area contributed by atoms with Gasteiger partial charge < -0.3 is 10.2 Å². The third-order valence-electron chi connectivity index (χ3n) is 1.79. The first kappa shape index (κ1) is 7.50. The van der Waals surface area contributed by atoms with Crippen LogP contribution in [-0.2, 0) is 4.79 Å². The molecule has 1 aliphatic rings. The van der Waals surface area contributed by atoms with E-state index < -0.39 is 12.0 Å². The second kappa shape index (κ2) is 2.98. The fourth-order valence-electron chi connectivity index (χ4n) is 1.00. The molecule has 1 fully saturated rings. The van der Waals surface area contributed by atoms with Crippen molar-refractivity contribution in [2.45, 2.75) is 12.5 Å². The van der Waals surface area contributed by atoms with Crippen LogP contribution in [0, 0.1) is 0 Å². The van der Waals surface area contributed by atoms with Gasteiger partial charge in [-0.25, -0.2) is 0 Å². The van der Waals surface area contributed by atoms with Crippen molar-refractivity contribution in [1.29, 1.82) is 0 Å². The molecule has 0 amide bonds. The molecule has 58 valence electrons. The normalized spacial score (nSPS) is 21.7. The van der Waals surface area contributed by atoms with E-state index >= 15 is 0 Å². The summed E-state index contributed by atoms with van der Waals surface area (Å²) >= 11 is 0. The summed E-state index contributed by atoms with van der Waals surface area (Å²) in [5, 5.41) is 17.1. The van der Waals surface area contributed by atoms with Crippen molar-refractivity contribution in [2.24, 2.45) is 0 Å². The molecule has 0 aromatic rings. The SMILES string of the molecule is O=C(O)C(CO)N1CCC1. The topological polar surface area (TPSA) is 60.8 Å². The van der Waals surface area contributed by atoms with E-state index in [-0.39, 0.29) is 6.61 Å². The zero-order chi connectivity index (χ0) is 7.56. The van der Waals surface area contributed by atoms with Gasteiger partial charge >= 0.3 is 5.97 Å². The third-order valence-corrected chi connectivity index (χ3v) is 1.79. The lowest BCUT2D eigenvalue weighted by Gasteiger charge is -2.34. The molecule has 1 aliphatic heterocycles. The molecule has 2 N–H and O–H groups in total. The summed E-state index contributed by atoms with van der Waals surface area (Å²) in [6, 6.07) is -0.672. The number of hydrogen-bond acceptors (Lipinski definition) is 3. The number of aliphatic carboxylic acids is 1. The zero-order valence-electron chi connectivity index (χ0n) is 5.66. The van der Waals surface area contributed by atoms with Gasteiger partial charge in [-0.3, -0.25) is 9.69 Å². The lowest BCUT2D eigenvalue weighted by atomic mass is 10.1. The Bertz CT molecular complexity index is 133. The van der Waals surface area contributed by atoms with Crippen LogP contribution < -0.4 is 0 Å². The smallest absolute Gasteiger partial charge is 0.323 e. The number of carboxylic acid groups (broad SMARTS) is 1. The molecule has 4 heteroatoms. The highest BCUT2D eigenvalue weighted by atomic mass is 16.4. The van der Waals surface area contributed by atoms with Crippen LogP contribution in [0.5, 0.6) is 0 Å². The summed E-state index contributed by atoms with van der Waals surface area (Å²) in [5.41, 5.74) is 0. The van der Waals surface area contributed by atoms with Crippen LogP contribution in [0.2, 0.25) is 0 Å². The Morgan fingerprint density at radius 2 is 2.20 bits per heavy atom. The van der Waals surface area contributed by atoms with Crippen LogP contribution in [0.25, 0.3) is 0 Å². The Kier molecular flexibility index (Phi) is 2.24. The number of carbonyl (C=O) groups is 1. The summed E-state index contributed by atoms with van der Waals surface area (Å²) in [7, 11) is 0. The highest BCUT2D eigenvalue weighted by molar-refractivity contribution is 5.73.